The van der Waals surface area contributed by atoms with E-state index in [0.717, 1.165) is 45.4 Å². The molecule has 0 aromatic heterocycles. The summed E-state index contributed by atoms with van der Waals surface area (Å²) in [5.74, 6) is 0. The number of nitrogens with zero attached hydrogens (tertiary/aromatic N) is 2. The molecule has 2 unspecified atom stereocenters. The van der Waals surface area contributed by atoms with Crippen LogP contribution in [0.1, 0.15) is 19.3 Å². The first-order chi connectivity index (χ1) is 6.27. The lowest BCUT2D eigenvalue weighted by Gasteiger charge is -2.13. The van der Waals surface area contributed by atoms with Gasteiger partial charge in [0.15, 0.2) is 0 Å². The van der Waals surface area contributed by atoms with Crippen molar-refractivity contribution in [3.63, 3.8) is 0 Å². The third kappa shape index (κ3) is 2.91. The minimum absolute atomic E-state index is 0.263. The summed E-state index contributed by atoms with van der Waals surface area (Å²) in [7, 11) is 0. The smallest absolute Gasteiger partial charge is 0.107 e. The number of rotatable bonds is 6. The van der Waals surface area contributed by atoms with Crippen LogP contribution in [-0.2, 0) is 0 Å². The third-order valence-corrected chi connectivity index (χ3v) is 2.73. The van der Waals surface area contributed by atoms with Crippen LogP contribution in [0.2, 0.25) is 0 Å². The Morgan fingerprint density at radius 1 is 0.846 bits per heavy atom. The lowest BCUT2D eigenvalue weighted by molar-refractivity contribution is 0.0454. The second kappa shape index (κ2) is 3.92. The first kappa shape index (κ1) is 9.40. The van der Waals surface area contributed by atoms with Crippen LogP contribution in [0.5, 0.6) is 0 Å². The highest BCUT2D eigenvalue weighted by atomic mass is 16.3. The first-order valence-electron chi connectivity index (χ1n) is 5.11. The average molecular weight is 186 g/mol. The first-order valence-corrected chi connectivity index (χ1v) is 5.11. The van der Waals surface area contributed by atoms with Gasteiger partial charge in [0.25, 0.3) is 0 Å². The van der Waals surface area contributed by atoms with Crippen LogP contribution >= 0.6 is 0 Å². The lowest BCUT2D eigenvalue weighted by Crippen LogP contribution is -2.21. The van der Waals surface area contributed by atoms with Crippen LogP contribution in [0.4, 0.5) is 0 Å². The molecule has 0 radical (unpaired) electrons. The van der Waals surface area contributed by atoms with Gasteiger partial charge in [-0.1, -0.05) is 0 Å². The highest BCUT2D eigenvalue weighted by molar-refractivity contribution is 4.77. The maximum atomic E-state index is 9.49. The Morgan fingerprint density at radius 2 is 1.23 bits per heavy atom. The zero-order chi connectivity index (χ0) is 9.26. The van der Waals surface area contributed by atoms with Crippen LogP contribution in [-0.4, -0.2) is 58.6 Å². The SMILES string of the molecule is OC(CCCC(O)N1CC1)N1CC1. The zero-order valence-electron chi connectivity index (χ0n) is 7.89. The molecule has 2 heterocycles. The zero-order valence-corrected chi connectivity index (χ0v) is 7.89. The molecule has 0 aliphatic carbocycles. The van der Waals surface area contributed by atoms with Gasteiger partial charge < -0.3 is 10.2 Å². The second-order valence-electron chi connectivity index (χ2n) is 3.96. The van der Waals surface area contributed by atoms with Gasteiger partial charge >= 0.3 is 0 Å². The van der Waals surface area contributed by atoms with Crippen molar-refractivity contribution in [3.8, 4) is 0 Å². The molecule has 0 bridgehead atoms. The summed E-state index contributed by atoms with van der Waals surface area (Å²) in [6.45, 7) is 4.15. The van der Waals surface area contributed by atoms with Gasteiger partial charge in [-0.3, -0.25) is 9.80 Å². The summed E-state index contributed by atoms with van der Waals surface area (Å²) in [6, 6.07) is 0. The summed E-state index contributed by atoms with van der Waals surface area (Å²) >= 11 is 0. The fraction of sp³-hybridized carbons (Fsp3) is 1.00. The van der Waals surface area contributed by atoms with Gasteiger partial charge in [0.05, 0.1) is 0 Å². The van der Waals surface area contributed by atoms with Crippen LogP contribution in [0.15, 0.2) is 0 Å². The fourth-order valence-corrected chi connectivity index (χ4v) is 1.56. The van der Waals surface area contributed by atoms with Crippen molar-refractivity contribution in [1.82, 2.24) is 9.80 Å². The van der Waals surface area contributed by atoms with Gasteiger partial charge in [-0.05, 0) is 19.3 Å². The second-order valence-corrected chi connectivity index (χ2v) is 3.96. The summed E-state index contributed by atoms with van der Waals surface area (Å²) in [5, 5.41) is 19.0. The number of hydrogen-bond acceptors (Lipinski definition) is 4. The van der Waals surface area contributed by atoms with Crippen molar-refractivity contribution in [2.45, 2.75) is 31.7 Å². The van der Waals surface area contributed by atoms with Crippen molar-refractivity contribution in [2.75, 3.05) is 26.2 Å². The molecular formula is C9H18N2O2. The standard InChI is InChI=1S/C9H18N2O2/c12-8(10-4-5-10)2-1-3-9(13)11-6-7-11/h8-9,12-13H,1-7H2. The minimum atomic E-state index is -0.263. The summed E-state index contributed by atoms with van der Waals surface area (Å²) < 4.78 is 0. The molecular weight excluding hydrogens is 168 g/mol. The predicted molar refractivity (Wildman–Crippen MR) is 49.0 cm³/mol. The molecule has 4 nitrogen and oxygen atoms in total. The van der Waals surface area contributed by atoms with E-state index in [1.165, 1.54) is 0 Å². The Hall–Kier alpha value is -0.160. The molecule has 4 heteroatoms. The van der Waals surface area contributed by atoms with E-state index in [4.69, 9.17) is 0 Å². The molecule has 2 fully saturated rings. The maximum Gasteiger partial charge on any atom is 0.107 e. The number of aliphatic hydroxyl groups excluding tert-OH is 2. The van der Waals surface area contributed by atoms with E-state index in [1.54, 1.807) is 0 Å². The Balaban J connectivity index is 1.51. The molecule has 2 rings (SSSR count). The molecule has 2 N–H and O–H groups in total. The molecule has 0 spiro atoms. The molecule has 0 aromatic carbocycles. The van der Waals surface area contributed by atoms with Crippen molar-refractivity contribution >= 4 is 0 Å². The molecule has 0 saturated carbocycles. The van der Waals surface area contributed by atoms with Crippen molar-refractivity contribution in [1.29, 1.82) is 0 Å². The van der Waals surface area contributed by atoms with Crippen molar-refractivity contribution in [3.05, 3.63) is 0 Å². The maximum absolute atomic E-state index is 9.49. The normalized spacial score (nSPS) is 27.2. The molecule has 0 aromatic rings. The van der Waals surface area contributed by atoms with Gasteiger partial charge in [0.2, 0.25) is 0 Å². The Kier molecular flexibility index (Phi) is 2.83. The van der Waals surface area contributed by atoms with Gasteiger partial charge in [0.1, 0.15) is 12.5 Å². The van der Waals surface area contributed by atoms with Crippen LogP contribution in [0.25, 0.3) is 0 Å². The Morgan fingerprint density at radius 3 is 1.54 bits per heavy atom. The largest absolute Gasteiger partial charge is 0.378 e. The van der Waals surface area contributed by atoms with Gasteiger partial charge in [0, 0.05) is 26.2 Å². The summed E-state index contributed by atoms with van der Waals surface area (Å²) in [5.41, 5.74) is 0. The Labute approximate surface area is 78.8 Å². The summed E-state index contributed by atoms with van der Waals surface area (Å²) in [4.78, 5) is 4.06. The minimum Gasteiger partial charge on any atom is -0.378 e. The molecule has 2 aliphatic rings. The van der Waals surface area contributed by atoms with E-state index in [-0.39, 0.29) is 12.5 Å². The van der Waals surface area contributed by atoms with Gasteiger partial charge in [-0.2, -0.15) is 0 Å². The monoisotopic (exact) mass is 186 g/mol. The van der Waals surface area contributed by atoms with E-state index in [1.807, 2.05) is 9.80 Å². The molecule has 2 atom stereocenters. The molecule has 13 heavy (non-hydrogen) atoms. The fourth-order valence-electron chi connectivity index (χ4n) is 1.56. The molecule has 2 saturated heterocycles. The quantitative estimate of drug-likeness (QED) is 0.545. The molecule has 2 aliphatic heterocycles. The van der Waals surface area contributed by atoms with E-state index < -0.39 is 0 Å². The van der Waals surface area contributed by atoms with Crippen LogP contribution in [0.3, 0.4) is 0 Å². The highest BCUT2D eigenvalue weighted by Gasteiger charge is 2.27. The average Bonchev–Trinajstić information content (AvgIpc) is 2.95. The lowest BCUT2D eigenvalue weighted by atomic mass is 10.2. The third-order valence-electron chi connectivity index (χ3n) is 2.73. The van der Waals surface area contributed by atoms with Crippen molar-refractivity contribution in [2.24, 2.45) is 0 Å². The number of aliphatic hydroxyl groups is 2. The van der Waals surface area contributed by atoms with E-state index in [0.29, 0.717) is 0 Å². The van der Waals surface area contributed by atoms with Gasteiger partial charge in [-0.25, -0.2) is 0 Å². The Bertz CT molecular complexity index is 151. The van der Waals surface area contributed by atoms with Crippen LogP contribution in [0, 0.1) is 0 Å². The van der Waals surface area contributed by atoms with Crippen molar-refractivity contribution < 1.29 is 10.2 Å². The van der Waals surface area contributed by atoms with Gasteiger partial charge in [-0.15, -0.1) is 0 Å². The number of hydrogen-bond donors (Lipinski definition) is 2. The van der Waals surface area contributed by atoms with E-state index in [2.05, 4.69) is 0 Å². The topological polar surface area (TPSA) is 46.5 Å². The molecule has 0 amide bonds. The van der Waals surface area contributed by atoms with E-state index >= 15 is 0 Å². The summed E-state index contributed by atoms with van der Waals surface area (Å²) in [6.07, 6.45) is 1.98. The predicted octanol–water partition coefficient (Wildman–Crippen LogP) is -0.575. The molecule has 76 valence electrons. The van der Waals surface area contributed by atoms with Crippen LogP contribution < -0.4 is 0 Å². The van der Waals surface area contributed by atoms with E-state index in [9.17, 15) is 10.2 Å². The highest BCUT2D eigenvalue weighted by Crippen LogP contribution is 2.17.